The van der Waals surface area contributed by atoms with Gasteiger partial charge in [0.1, 0.15) is 17.1 Å². The van der Waals surface area contributed by atoms with Gasteiger partial charge in [0.15, 0.2) is 0 Å². The van der Waals surface area contributed by atoms with Gasteiger partial charge in [-0.2, -0.15) is 0 Å². The molecular weight excluding hydrogens is 319 g/mol. The zero-order valence-electron chi connectivity index (χ0n) is 10.4. The predicted octanol–water partition coefficient (Wildman–Crippen LogP) is 5.21. The average molecular weight is 329 g/mol. The Hall–Kier alpha value is -1.36. The fraction of sp³-hybridized carbons (Fsp3) is 0.0714. The topological polar surface area (TPSA) is 46.5 Å². The normalized spacial score (nSPS) is 10.3. The van der Waals surface area contributed by atoms with Crippen molar-refractivity contribution in [2.75, 3.05) is 6.26 Å². The second-order valence-electron chi connectivity index (χ2n) is 3.82. The predicted molar refractivity (Wildman–Crippen MR) is 81.7 cm³/mol. The maximum Gasteiger partial charge on any atom is 0.340 e. The number of rotatable bonds is 4. The quantitative estimate of drug-likeness (QED) is 0.783. The fourth-order valence-electron chi connectivity index (χ4n) is 1.64. The van der Waals surface area contributed by atoms with Gasteiger partial charge in [0.2, 0.25) is 0 Å². The molecule has 0 radical (unpaired) electrons. The Morgan fingerprint density at radius 2 is 1.95 bits per heavy atom. The van der Waals surface area contributed by atoms with E-state index in [0.717, 1.165) is 0 Å². The Morgan fingerprint density at radius 1 is 1.20 bits per heavy atom. The van der Waals surface area contributed by atoms with Crippen molar-refractivity contribution in [3.8, 4) is 11.5 Å². The summed E-state index contributed by atoms with van der Waals surface area (Å²) in [5.74, 6) is -0.340. The van der Waals surface area contributed by atoms with Crippen molar-refractivity contribution >= 4 is 40.9 Å². The highest BCUT2D eigenvalue weighted by Crippen LogP contribution is 2.34. The van der Waals surface area contributed by atoms with Gasteiger partial charge in [0, 0.05) is 11.0 Å². The number of carbonyl (C=O) groups is 1. The van der Waals surface area contributed by atoms with E-state index in [1.807, 2.05) is 6.26 Å². The van der Waals surface area contributed by atoms with Crippen LogP contribution in [0.5, 0.6) is 11.5 Å². The van der Waals surface area contributed by atoms with Gasteiger partial charge < -0.3 is 9.84 Å². The van der Waals surface area contributed by atoms with Crippen LogP contribution in [0.4, 0.5) is 0 Å². The summed E-state index contributed by atoms with van der Waals surface area (Å²) in [6, 6.07) is 9.84. The fourth-order valence-corrected chi connectivity index (χ4v) is 2.54. The number of carboxylic acids is 1. The van der Waals surface area contributed by atoms with Crippen molar-refractivity contribution in [1.29, 1.82) is 0 Å². The molecule has 0 saturated heterocycles. The third kappa shape index (κ3) is 3.20. The lowest BCUT2D eigenvalue weighted by atomic mass is 10.2. The lowest BCUT2D eigenvalue weighted by Crippen LogP contribution is -2.02. The summed E-state index contributed by atoms with van der Waals surface area (Å²) >= 11 is 13.1. The molecule has 20 heavy (non-hydrogen) atoms. The number of thioether (sulfide) groups is 1. The Kier molecular flexibility index (Phi) is 4.81. The van der Waals surface area contributed by atoms with Crippen LogP contribution in [-0.4, -0.2) is 17.3 Å². The van der Waals surface area contributed by atoms with Crippen LogP contribution in [0.1, 0.15) is 10.4 Å². The van der Waals surface area contributed by atoms with Gasteiger partial charge in [-0.1, -0.05) is 29.3 Å². The Morgan fingerprint density at radius 3 is 2.55 bits per heavy atom. The van der Waals surface area contributed by atoms with E-state index < -0.39 is 5.97 Å². The summed E-state index contributed by atoms with van der Waals surface area (Å²) < 4.78 is 5.61. The van der Waals surface area contributed by atoms with E-state index in [0.29, 0.717) is 20.7 Å². The van der Waals surface area contributed by atoms with E-state index in [9.17, 15) is 9.90 Å². The number of carboxylic acid groups (broad SMARTS) is 1. The highest BCUT2D eigenvalue weighted by atomic mass is 35.5. The van der Waals surface area contributed by atoms with Gasteiger partial charge in [0.05, 0.1) is 10.0 Å². The van der Waals surface area contributed by atoms with Crippen LogP contribution < -0.4 is 4.74 Å². The molecule has 0 atom stereocenters. The van der Waals surface area contributed by atoms with E-state index in [2.05, 4.69) is 0 Å². The number of hydrogen-bond donors (Lipinski definition) is 1. The third-order valence-electron chi connectivity index (χ3n) is 2.54. The van der Waals surface area contributed by atoms with E-state index in [1.165, 1.54) is 11.8 Å². The molecule has 0 heterocycles. The van der Waals surface area contributed by atoms with Gasteiger partial charge in [-0.05, 0) is 30.5 Å². The second kappa shape index (κ2) is 6.39. The molecule has 0 aliphatic heterocycles. The molecule has 1 N–H and O–H groups in total. The highest BCUT2D eigenvalue weighted by Gasteiger charge is 2.17. The molecular formula is C14H10Cl2O3S. The maximum absolute atomic E-state index is 11.4. The number of benzene rings is 2. The van der Waals surface area contributed by atoms with E-state index >= 15 is 0 Å². The van der Waals surface area contributed by atoms with Crippen LogP contribution >= 0.6 is 35.0 Å². The molecule has 0 amide bonds. The molecule has 6 heteroatoms. The van der Waals surface area contributed by atoms with Gasteiger partial charge in [-0.15, -0.1) is 11.8 Å². The van der Waals surface area contributed by atoms with Crippen LogP contribution in [0, 0.1) is 0 Å². The lowest BCUT2D eigenvalue weighted by Gasteiger charge is -2.11. The molecule has 0 bridgehead atoms. The van der Waals surface area contributed by atoms with Gasteiger partial charge in [-0.3, -0.25) is 0 Å². The summed E-state index contributed by atoms with van der Waals surface area (Å²) in [7, 11) is 0. The third-order valence-corrected chi connectivity index (χ3v) is 4.06. The molecule has 2 aromatic rings. The molecule has 0 unspecified atom stereocenters. The first kappa shape index (κ1) is 15.0. The Bertz CT molecular complexity index is 659. The minimum Gasteiger partial charge on any atom is -0.478 e. The molecule has 0 aliphatic carbocycles. The first-order valence-electron chi connectivity index (χ1n) is 5.56. The molecule has 2 aromatic carbocycles. The lowest BCUT2D eigenvalue weighted by molar-refractivity contribution is 0.0690. The first-order chi connectivity index (χ1) is 9.52. The van der Waals surface area contributed by atoms with E-state index in [1.54, 1.807) is 36.4 Å². The minimum absolute atomic E-state index is 0.131. The van der Waals surface area contributed by atoms with Crippen LogP contribution in [0.2, 0.25) is 10.0 Å². The van der Waals surface area contributed by atoms with Crippen molar-refractivity contribution in [3.05, 3.63) is 52.0 Å². The SMILES string of the molecule is CSc1cccc(Oc2ccc(Cl)c(Cl)c2)c1C(=O)O. The largest absolute Gasteiger partial charge is 0.478 e. The van der Waals surface area contributed by atoms with Crippen molar-refractivity contribution in [2.24, 2.45) is 0 Å². The average Bonchev–Trinajstić information content (AvgIpc) is 2.42. The number of ether oxygens (including phenoxy) is 1. The van der Waals surface area contributed by atoms with Gasteiger partial charge in [-0.25, -0.2) is 4.79 Å². The molecule has 0 aliphatic rings. The molecule has 2 rings (SSSR count). The number of halogens is 2. The second-order valence-corrected chi connectivity index (χ2v) is 5.48. The smallest absolute Gasteiger partial charge is 0.340 e. The van der Waals surface area contributed by atoms with Gasteiger partial charge >= 0.3 is 5.97 Å². The number of aromatic carboxylic acids is 1. The maximum atomic E-state index is 11.4. The van der Waals surface area contributed by atoms with E-state index in [4.69, 9.17) is 27.9 Å². The molecule has 3 nitrogen and oxygen atoms in total. The minimum atomic E-state index is -1.04. The highest BCUT2D eigenvalue weighted by molar-refractivity contribution is 7.98. The standard InChI is InChI=1S/C14H10Cl2O3S/c1-20-12-4-2-3-11(13(12)14(17)18)19-8-5-6-9(15)10(16)7-8/h2-7H,1H3,(H,17,18). The van der Waals surface area contributed by atoms with Crippen molar-refractivity contribution in [2.45, 2.75) is 4.90 Å². The monoisotopic (exact) mass is 328 g/mol. The van der Waals surface area contributed by atoms with Crippen molar-refractivity contribution < 1.29 is 14.6 Å². The summed E-state index contributed by atoms with van der Waals surface area (Å²) in [6.07, 6.45) is 1.81. The molecule has 0 spiro atoms. The summed E-state index contributed by atoms with van der Waals surface area (Å²) in [6.45, 7) is 0. The summed E-state index contributed by atoms with van der Waals surface area (Å²) in [5, 5.41) is 10.1. The molecule has 0 saturated carbocycles. The van der Waals surface area contributed by atoms with Crippen LogP contribution in [0.3, 0.4) is 0 Å². The molecule has 0 fully saturated rings. The van der Waals surface area contributed by atoms with Crippen molar-refractivity contribution in [1.82, 2.24) is 0 Å². The van der Waals surface area contributed by atoms with Gasteiger partial charge in [0.25, 0.3) is 0 Å². The zero-order valence-corrected chi connectivity index (χ0v) is 12.7. The summed E-state index contributed by atoms with van der Waals surface area (Å²) in [4.78, 5) is 12.0. The molecule has 0 aromatic heterocycles. The number of hydrogen-bond acceptors (Lipinski definition) is 3. The van der Waals surface area contributed by atoms with Crippen LogP contribution in [-0.2, 0) is 0 Å². The first-order valence-corrected chi connectivity index (χ1v) is 7.54. The Labute approximate surface area is 130 Å². The van der Waals surface area contributed by atoms with Crippen LogP contribution in [0.15, 0.2) is 41.3 Å². The Balaban J connectivity index is 2.42. The zero-order chi connectivity index (χ0) is 14.7. The van der Waals surface area contributed by atoms with Crippen molar-refractivity contribution in [3.63, 3.8) is 0 Å². The van der Waals surface area contributed by atoms with E-state index in [-0.39, 0.29) is 11.3 Å². The van der Waals surface area contributed by atoms with Crippen LogP contribution in [0.25, 0.3) is 0 Å². The summed E-state index contributed by atoms with van der Waals surface area (Å²) in [5.41, 5.74) is 0.131. The molecule has 104 valence electrons.